The van der Waals surface area contributed by atoms with Gasteiger partial charge in [0.05, 0.1) is 31.9 Å². The molecule has 2 aromatic carbocycles. The van der Waals surface area contributed by atoms with E-state index in [1.165, 1.54) is 4.88 Å². The van der Waals surface area contributed by atoms with E-state index < -0.39 is 0 Å². The van der Waals surface area contributed by atoms with Crippen molar-refractivity contribution in [2.24, 2.45) is 0 Å². The van der Waals surface area contributed by atoms with E-state index in [9.17, 15) is 4.79 Å². The van der Waals surface area contributed by atoms with Gasteiger partial charge in [0.25, 0.3) is 5.91 Å². The number of ether oxygens (including phenoxy) is 2. The van der Waals surface area contributed by atoms with Gasteiger partial charge in [0.15, 0.2) is 0 Å². The van der Waals surface area contributed by atoms with Crippen molar-refractivity contribution in [3.63, 3.8) is 0 Å². The minimum Gasteiger partial charge on any atom is -0.496 e. The van der Waals surface area contributed by atoms with Crippen LogP contribution in [-0.2, 0) is 4.74 Å². The fourth-order valence-electron chi connectivity index (χ4n) is 3.63. The summed E-state index contributed by atoms with van der Waals surface area (Å²) in [6.45, 7) is 3.76. The van der Waals surface area contributed by atoms with E-state index in [0.29, 0.717) is 17.9 Å². The van der Waals surface area contributed by atoms with Crippen molar-refractivity contribution in [1.29, 1.82) is 0 Å². The van der Waals surface area contributed by atoms with Crippen LogP contribution in [0.3, 0.4) is 0 Å². The van der Waals surface area contributed by atoms with Crippen LogP contribution in [0.2, 0.25) is 0 Å². The Morgan fingerprint density at radius 3 is 2.61 bits per heavy atom. The first kappa shape index (κ1) is 18.9. The van der Waals surface area contributed by atoms with Crippen molar-refractivity contribution in [1.82, 2.24) is 10.2 Å². The van der Waals surface area contributed by atoms with E-state index in [-0.39, 0.29) is 11.9 Å². The van der Waals surface area contributed by atoms with Gasteiger partial charge in [0.1, 0.15) is 5.75 Å². The van der Waals surface area contributed by atoms with Gasteiger partial charge in [-0.1, -0.05) is 30.3 Å². The zero-order valence-electron chi connectivity index (χ0n) is 15.9. The number of thiophene rings is 1. The zero-order chi connectivity index (χ0) is 19.3. The number of morpholine rings is 1. The van der Waals surface area contributed by atoms with Crippen molar-refractivity contribution in [3.05, 3.63) is 64.4 Å². The predicted octanol–water partition coefficient (Wildman–Crippen LogP) is 3.71. The van der Waals surface area contributed by atoms with Gasteiger partial charge in [0.2, 0.25) is 0 Å². The molecule has 3 aromatic rings. The summed E-state index contributed by atoms with van der Waals surface area (Å²) in [5.74, 6) is 0.479. The lowest BCUT2D eigenvalue weighted by Gasteiger charge is -2.34. The Labute approximate surface area is 168 Å². The molecule has 4 rings (SSSR count). The molecule has 146 valence electrons. The van der Waals surface area contributed by atoms with Gasteiger partial charge in [-0.2, -0.15) is 0 Å². The molecule has 0 unspecified atom stereocenters. The highest BCUT2D eigenvalue weighted by Crippen LogP contribution is 2.28. The molecule has 1 N–H and O–H groups in total. The number of carbonyl (C=O) groups is 1. The topological polar surface area (TPSA) is 50.8 Å². The van der Waals surface area contributed by atoms with E-state index >= 15 is 0 Å². The highest BCUT2D eigenvalue weighted by atomic mass is 32.1. The average molecular weight is 397 g/mol. The van der Waals surface area contributed by atoms with Crippen LogP contribution in [0, 0.1) is 0 Å². The third-order valence-electron chi connectivity index (χ3n) is 5.13. The highest BCUT2D eigenvalue weighted by molar-refractivity contribution is 7.10. The minimum atomic E-state index is -0.114. The molecule has 2 heterocycles. The van der Waals surface area contributed by atoms with Gasteiger partial charge in [-0.25, -0.2) is 0 Å². The van der Waals surface area contributed by atoms with Crippen molar-refractivity contribution in [2.75, 3.05) is 40.0 Å². The van der Waals surface area contributed by atoms with Gasteiger partial charge >= 0.3 is 0 Å². The lowest BCUT2D eigenvalue weighted by Crippen LogP contribution is -2.43. The molecule has 1 fully saturated rings. The van der Waals surface area contributed by atoms with Crippen molar-refractivity contribution >= 4 is 28.0 Å². The molecule has 1 saturated heterocycles. The van der Waals surface area contributed by atoms with E-state index in [2.05, 4.69) is 27.7 Å². The number of carbonyl (C=O) groups excluding carboxylic acids is 1. The Bertz CT molecular complexity index is 936. The first-order valence-corrected chi connectivity index (χ1v) is 10.3. The Morgan fingerprint density at radius 2 is 1.93 bits per heavy atom. The van der Waals surface area contributed by atoms with Gasteiger partial charge in [-0.3, -0.25) is 9.69 Å². The fourth-order valence-corrected chi connectivity index (χ4v) is 4.49. The third kappa shape index (κ3) is 4.04. The standard InChI is InChI=1S/C22H24N2O3S/c1-26-20-14-17-6-3-2-5-16(17)13-18(20)22(25)23-15-19(21-7-4-12-28-21)24-8-10-27-11-9-24/h2-7,12-14,19H,8-11,15H2,1H3,(H,23,25)/t19-/m0/s1. The van der Waals surface area contributed by atoms with Gasteiger partial charge < -0.3 is 14.8 Å². The first-order chi connectivity index (χ1) is 13.8. The van der Waals surface area contributed by atoms with Gasteiger partial charge in [-0.05, 0) is 34.4 Å². The Kier molecular flexibility index (Phi) is 5.90. The van der Waals surface area contributed by atoms with Gasteiger partial charge in [0, 0.05) is 24.5 Å². The van der Waals surface area contributed by atoms with E-state index in [0.717, 1.165) is 37.1 Å². The first-order valence-electron chi connectivity index (χ1n) is 9.46. The number of hydrogen-bond acceptors (Lipinski definition) is 5. The SMILES string of the molecule is COc1cc2ccccc2cc1C(=O)NC[C@@H](c1cccs1)N1CCOCC1. The smallest absolute Gasteiger partial charge is 0.255 e. The molecule has 0 spiro atoms. The molecule has 1 aliphatic rings. The predicted molar refractivity (Wildman–Crippen MR) is 112 cm³/mol. The van der Waals surface area contributed by atoms with E-state index in [4.69, 9.17) is 9.47 Å². The summed E-state index contributed by atoms with van der Waals surface area (Å²) in [7, 11) is 1.60. The maximum Gasteiger partial charge on any atom is 0.255 e. The fraction of sp³-hybridized carbons (Fsp3) is 0.318. The number of methoxy groups -OCH3 is 1. The molecular weight excluding hydrogens is 372 g/mol. The number of fused-ring (bicyclic) bond motifs is 1. The second-order valence-corrected chi connectivity index (χ2v) is 7.77. The van der Waals surface area contributed by atoms with Crippen LogP contribution < -0.4 is 10.1 Å². The molecule has 1 aliphatic heterocycles. The highest BCUT2D eigenvalue weighted by Gasteiger charge is 2.24. The quantitative estimate of drug-likeness (QED) is 0.690. The summed E-state index contributed by atoms with van der Waals surface area (Å²) in [5.41, 5.74) is 0.563. The molecule has 0 radical (unpaired) electrons. The van der Waals surface area contributed by atoms with Crippen LogP contribution in [-0.4, -0.2) is 50.8 Å². The molecule has 0 aliphatic carbocycles. The molecular formula is C22H24N2O3S. The molecule has 28 heavy (non-hydrogen) atoms. The third-order valence-corrected chi connectivity index (χ3v) is 6.10. The van der Waals surface area contributed by atoms with E-state index in [1.54, 1.807) is 18.4 Å². The molecule has 0 saturated carbocycles. The molecule has 6 heteroatoms. The second kappa shape index (κ2) is 8.73. The largest absolute Gasteiger partial charge is 0.496 e. The van der Waals surface area contributed by atoms with Crippen LogP contribution >= 0.6 is 11.3 Å². The van der Waals surface area contributed by atoms with Crippen LogP contribution in [0.25, 0.3) is 10.8 Å². The van der Waals surface area contributed by atoms with Crippen molar-refractivity contribution in [3.8, 4) is 5.75 Å². The number of nitrogens with zero attached hydrogens (tertiary/aromatic N) is 1. The van der Waals surface area contributed by atoms with Crippen molar-refractivity contribution < 1.29 is 14.3 Å². The second-order valence-electron chi connectivity index (χ2n) is 6.79. The summed E-state index contributed by atoms with van der Waals surface area (Å²) in [6, 6.07) is 16.1. The molecule has 0 bridgehead atoms. The average Bonchev–Trinajstić information content (AvgIpc) is 3.28. The lowest BCUT2D eigenvalue weighted by atomic mass is 10.0. The summed E-state index contributed by atoms with van der Waals surface area (Å²) in [5, 5.41) is 7.29. The Hall–Kier alpha value is -2.41. The lowest BCUT2D eigenvalue weighted by molar-refractivity contribution is 0.0169. The Morgan fingerprint density at radius 1 is 1.18 bits per heavy atom. The number of hydrogen-bond donors (Lipinski definition) is 1. The van der Waals surface area contributed by atoms with Crippen LogP contribution in [0.5, 0.6) is 5.75 Å². The zero-order valence-corrected chi connectivity index (χ0v) is 16.7. The van der Waals surface area contributed by atoms with Crippen LogP contribution in [0.4, 0.5) is 0 Å². The maximum absolute atomic E-state index is 13.0. The monoisotopic (exact) mass is 396 g/mol. The van der Waals surface area contributed by atoms with Crippen LogP contribution in [0.1, 0.15) is 21.3 Å². The number of benzene rings is 2. The summed E-state index contributed by atoms with van der Waals surface area (Å²) in [6.07, 6.45) is 0. The normalized spacial score (nSPS) is 16.0. The molecule has 1 atom stereocenters. The molecule has 1 aromatic heterocycles. The Balaban J connectivity index is 1.54. The molecule has 5 nitrogen and oxygen atoms in total. The van der Waals surface area contributed by atoms with Crippen LogP contribution in [0.15, 0.2) is 53.9 Å². The molecule has 1 amide bonds. The van der Waals surface area contributed by atoms with Crippen molar-refractivity contribution in [2.45, 2.75) is 6.04 Å². The van der Waals surface area contributed by atoms with E-state index in [1.807, 2.05) is 36.4 Å². The number of rotatable bonds is 6. The summed E-state index contributed by atoms with van der Waals surface area (Å²) in [4.78, 5) is 16.6. The van der Waals surface area contributed by atoms with Gasteiger partial charge in [-0.15, -0.1) is 11.3 Å². The maximum atomic E-state index is 13.0. The number of amides is 1. The summed E-state index contributed by atoms with van der Waals surface area (Å²) >= 11 is 1.72. The summed E-state index contributed by atoms with van der Waals surface area (Å²) < 4.78 is 11.0. The minimum absolute atomic E-state index is 0.114. The number of nitrogens with one attached hydrogen (secondary N) is 1.